The third-order valence-corrected chi connectivity index (χ3v) is 6.32. The van der Waals surface area contributed by atoms with Crippen molar-refractivity contribution in [1.29, 1.82) is 0 Å². The molecular formula is C26H52N2. The normalized spacial score (nSPS) is 16.5. The van der Waals surface area contributed by atoms with E-state index in [-0.39, 0.29) is 0 Å². The molecule has 0 aromatic rings. The second kappa shape index (κ2) is 18.4. The van der Waals surface area contributed by atoms with Crippen molar-refractivity contribution in [2.45, 2.75) is 143 Å². The van der Waals surface area contributed by atoms with Gasteiger partial charge < -0.3 is 9.80 Å². The van der Waals surface area contributed by atoms with Crippen LogP contribution in [0.2, 0.25) is 0 Å². The molecule has 2 nitrogen and oxygen atoms in total. The minimum Gasteiger partial charge on any atom is -0.356 e. The highest BCUT2D eigenvalue weighted by Gasteiger charge is 2.24. The Balaban J connectivity index is 2.17. The van der Waals surface area contributed by atoms with Crippen LogP contribution in [0.1, 0.15) is 136 Å². The largest absolute Gasteiger partial charge is 0.356 e. The summed E-state index contributed by atoms with van der Waals surface area (Å²) >= 11 is 0. The Bertz CT molecular complexity index is 352. The van der Waals surface area contributed by atoms with Gasteiger partial charge in [0.25, 0.3) is 0 Å². The molecule has 28 heavy (non-hydrogen) atoms. The molecule has 1 aliphatic rings. The van der Waals surface area contributed by atoms with Crippen LogP contribution in [0.3, 0.4) is 0 Å². The van der Waals surface area contributed by atoms with E-state index in [1.165, 1.54) is 129 Å². The molecule has 0 bridgehead atoms. The summed E-state index contributed by atoms with van der Waals surface area (Å²) in [5, 5.41) is 0. The van der Waals surface area contributed by atoms with Crippen molar-refractivity contribution < 1.29 is 0 Å². The molecular weight excluding hydrogens is 340 g/mol. The smallest absolute Gasteiger partial charge is 0.101 e. The first-order valence-corrected chi connectivity index (χ1v) is 13.0. The van der Waals surface area contributed by atoms with E-state index < -0.39 is 0 Å². The molecule has 0 aromatic carbocycles. The Labute approximate surface area is 178 Å². The van der Waals surface area contributed by atoms with Crippen molar-refractivity contribution in [3.05, 3.63) is 12.4 Å². The van der Waals surface area contributed by atoms with Gasteiger partial charge in [-0.1, -0.05) is 111 Å². The average Bonchev–Trinajstić information content (AvgIpc) is 3.09. The first-order valence-electron chi connectivity index (χ1n) is 13.0. The monoisotopic (exact) mass is 392 g/mol. The van der Waals surface area contributed by atoms with Crippen LogP contribution in [0.25, 0.3) is 0 Å². The molecule has 1 heterocycles. The zero-order chi connectivity index (χ0) is 20.3. The molecule has 1 aliphatic heterocycles. The van der Waals surface area contributed by atoms with Crippen LogP contribution in [-0.2, 0) is 0 Å². The van der Waals surface area contributed by atoms with Crippen molar-refractivity contribution in [2.75, 3.05) is 13.1 Å². The van der Waals surface area contributed by atoms with Crippen LogP contribution in [0.5, 0.6) is 0 Å². The molecule has 0 saturated heterocycles. The van der Waals surface area contributed by atoms with Gasteiger partial charge in [0.1, 0.15) is 6.17 Å². The molecule has 1 atom stereocenters. The van der Waals surface area contributed by atoms with E-state index >= 15 is 0 Å². The summed E-state index contributed by atoms with van der Waals surface area (Å²) in [5.41, 5.74) is 0. The topological polar surface area (TPSA) is 6.48 Å². The van der Waals surface area contributed by atoms with Crippen LogP contribution in [-0.4, -0.2) is 29.1 Å². The Hall–Kier alpha value is -0.660. The molecule has 0 saturated carbocycles. The molecule has 0 radical (unpaired) electrons. The lowest BCUT2D eigenvalue weighted by Crippen LogP contribution is -2.39. The molecule has 0 N–H and O–H groups in total. The Morgan fingerprint density at radius 1 is 0.464 bits per heavy atom. The van der Waals surface area contributed by atoms with E-state index in [9.17, 15) is 0 Å². The van der Waals surface area contributed by atoms with Gasteiger partial charge in [-0.2, -0.15) is 0 Å². The predicted molar refractivity (Wildman–Crippen MR) is 126 cm³/mol. The molecule has 0 amide bonds. The van der Waals surface area contributed by atoms with E-state index in [2.05, 4.69) is 43.0 Å². The number of unbranched alkanes of at least 4 members (excludes halogenated alkanes) is 14. The van der Waals surface area contributed by atoms with Crippen LogP contribution in [0, 0.1) is 0 Å². The third kappa shape index (κ3) is 12.0. The second-order valence-electron chi connectivity index (χ2n) is 8.99. The fourth-order valence-electron chi connectivity index (χ4n) is 4.42. The van der Waals surface area contributed by atoms with Crippen molar-refractivity contribution in [2.24, 2.45) is 0 Å². The molecule has 0 aromatic heterocycles. The maximum absolute atomic E-state index is 2.65. The quantitative estimate of drug-likeness (QED) is 0.192. The minimum absolute atomic E-state index is 0.645. The minimum atomic E-state index is 0.645. The summed E-state index contributed by atoms with van der Waals surface area (Å²) in [6.45, 7) is 9.43. The van der Waals surface area contributed by atoms with Crippen LogP contribution in [0.4, 0.5) is 0 Å². The number of nitrogens with zero attached hydrogens (tertiary/aromatic N) is 2. The van der Waals surface area contributed by atoms with Gasteiger partial charge >= 0.3 is 0 Å². The van der Waals surface area contributed by atoms with Crippen molar-refractivity contribution in [3.63, 3.8) is 0 Å². The molecule has 2 heteroatoms. The summed E-state index contributed by atoms with van der Waals surface area (Å²) in [5.74, 6) is 0. The number of rotatable bonds is 20. The van der Waals surface area contributed by atoms with Crippen molar-refractivity contribution in [1.82, 2.24) is 9.80 Å². The van der Waals surface area contributed by atoms with Gasteiger partial charge in [-0.15, -0.1) is 0 Å². The molecule has 0 aliphatic carbocycles. The standard InChI is InChI=1S/C26H52N2/c1-4-7-10-12-13-14-15-16-17-20-23-28-25-24-27(22-19-11-8-5-2)26(28)21-18-9-6-3/h24-26H,4-23H2,1-3H3. The van der Waals surface area contributed by atoms with E-state index in [0.717, 1.165) is 0 Å². The lowest BCUT2D eigenvalue weighted by Gasteiger charge is -2.33. The summed E-state index contributed by atoms with van der Waals surface area (Å²) in [4.78, 5) is 5.29. The molecule has 166 valence electrons. The number of hydrogen-bond acceptors (Lipinski definition) is 2. The number of hydrogen-bond donors (Lipinski definition) is 0. The fraction of sp³-hybridized carbons (Fsp3) is 0.923. The predicted octanol–water partition coefficient (Wildman–Crippen LogP) is 8.48. The Kier molecular flexibility index (Phi) is 16.7. The van der Waals surface area contributed by atoms with Gasteiger partial charge in [0, 0.05) is 25.5 Å². The summed E-state index contributed by atoms with van der Waals surface area (Å²) in [7, 11) is 0. The van der Waals surface area contributed by atoms with E-state index in [1.807, 2.05) is 0 Å². The fourth-order valence-corrected chi connectivity index (χ4v) is 4.42. The molecule has 0 spiro atoms. The Morgan fingerprint density at radius 2 is 0.821 bits per heavy atom. The highest BCUT2D eigenvalue weighted by molar-refractivity contribution is 4.96. The summed E-state index contributed by atoms with van der Waals surface area (Å²) < 4.78 is 0. The molecule has 0 fully saturated rings. The van der Waals surface area contributed by atoms with Crippen molar-refractivity contribution >= 4 is 0 Å². The van der Waals surface area contributed by atoms with Crippen LogP contribution < -0.4 is 0 Å². The van der Waals surface area contributed by atoms with Gasteiger partial charge in [-0.25, -0.2) is 0 Å². The average molecular weight is 393 g/mol. The second-order valence-corrected chi connectivity index (χ2v) is 8.99. The maximum Gasteiger partial charge on any atom is 0.101 e. The third-order valence-electron chi connectivity index (χ3n) is 6.32. The molecule has 1 rings (SSSR count). The lowest BCUT2D eigenvalue weighted by atomic mass is 10.1. The zero-order valence-electron chi connectivity index (χ0n) is 19.8. The first-order chi connectivity index (χ1) is 13.8. The maximum atomic E-state index is 2.65. The van der Waals surface area contributed by atoms with Crippen molar-refractivity contribution in [3.8, 4) is 0 Å². The SMILES string of the molecule is CCCCCCCCCCCCN1C=CN(CCCCCC)C1CCCCC. The van der Waals surface area contributed by atoms with Crippen LogP contribution in [0.15, 0.2) is 12.4 Å². The van der Waals surface area contributed by atoms with E-state index in [4.69, 9.17) is 0 Å². The van der Waals surface area contributed by atoms with Gasteiger partial charge in [-0.3, -0.25) is 0 Å². The van der Waals surface area contributed by atoms with Gasteiger partial charge in [-0.05, 0) is 25.7 Å². The van der Waals surface area contributed by atoms with E-state index in [1.54, 1.807) is 0 Å². The highest BCUT2D eigenvalue weighted by Crippen LogP contribution is 2.23. The summed E-state index contributed by atoms with van der Waals surface area (Å²) in [6.07, 6.45) is 30.6. The molecule has 1 unspecified atom stereocenters. The van der Waals surface area contributed by atoms with Gasteiger partial charge in [0.05, 0.1) is 0 Å². The van der Waals surface area contributed by atoms with Gasteiger partial charge in [0.15, 0.2) is 0 Å². The lowest BCUT2D eigenvalue weighted by molar-refractivity contribution is 0.136. The Morgan fingerprint density at radius 3 is 1.29 bits per heavy atom. The highest BCUT2D eigenvalue weighted by atomic mass is 15.4. The summed E-state index contributed by atoms with van der Waals surface area (Å²) in [6, 6.07) is 0. The zero-order valence-corrected chi connectivity index (χ0v) is 19.8. The first kappa shape index (κ1) is 25.4. The van der Waals surface area contributed by atoms with Crippen LogP contribution >= 0.6 is 0 Å². The van der Waals surface area contributed by atoms with Gasteiger partial charge in [0.2, 0.25) is 0 Å². The van der Waals surface area contributed by atoms with E-state index in [0.29, 0.717) is 6.17 Å².